The zero-order valence-corrected chi connectivity index (χ0v) is 14.3. The molecule has 23 heavy (non-hydrogen) atoms. The zero-order valence-electron chi connectivity index (χ0n) is 12.0. The Kier molecular flexibility index (Phi) is 5.41. The topological polar surface area (TPSA) is 75.6 Å². The lowest BCUT2D eigenvalue weighted by atomic mass is 10.2. The van der Waals surface area contributed by atoms with Crippen molar-refractivity contribution in [2.24, 2.45) is 5.10 Å². The second kappa shape index (κ2) is 7.12. The summed E-state index contributed by atoms with van der Waals surface area (Å²) in [6.45, 7) is 0. The molecule has 2 aromatic rings. The largest absolute Gasteiger partial charge is 0.271 e. The fraction of sp³-hybridized carbons (Fsp3) is 0.0667. The van der Waals surface area contributed by atoms with Gasteiger partial charge in [0.1, 0.15) is 0 Å². The smallest absolute Gasteiger partial charge is 0.267 e. The van der Waals surface area contributed by atoms with Crippen LogP contribution in [0.25, 0.3) is 0 Å². The second-order valence-electron chi connectivity index (χ2n) is 4.67. The van der Waals surface area contributed by atoms with E-state index in [-0.39, 0.29) is 4.90 Å². The van der Waals surface area contributed by atoms with Gasteiger partial charge in [-0.05, 0) is 42.0 Å². The predicted molar refractivity (Wildman–Crippen MR) is 91.1 cm³/mol. The minimum Gasteiger partial charge on any atom is -0.267 e. The van der Waals surface area contributed by atoms with Crippen LogP contribution in [0.15, 0.2) is 52.5 Å². The minimum absolute atomic E-state index is 0.147. The molecule has 0 saturated heterocycles. The monoisotopic (exact) mass is 370 g/mol. The molecule has 2 rings (SSSR count). The van der Waals surface area contributed by atoms with E-state index in [1.54, 1.807) is 18.2 Å². The maximum absolute atomic E-state index is 11.9. The molecule has 0 aliphatic rings. The molecular weight excluding hydrogens is 359 g/mol. The van der Waals surface area contributed by atoms with E-state index in [1.165, 1.54) is 30.5 Å². The molecule has 8 heteroatoms. The molecule has 0 saturated carbocycles. The van der Waals surface area contributed by atoms with Crippen LogP contribution in [0.3, 0.4) is 0 Å². The SMILES string of the molecule is CS(=O)(=O)c1ccc(C(=O)N/N=C/c2ccc(Cl)c(Cl)c2)cc1. The number of amides is 1. The Bertz CT molecular complexity index is 863. The summed E-state index contributed by atoms with van der Waals surface area (Å²) in [6.07, 6.45) is 2.52. The number of sulfone groups is 1. The highest BCUT2D eigenvalue weighted by Gasteiger charge is 2.09. The zero-order chi connectivity index (χ0) is 17.0. The highest BCUT2D eigenvalue weighted by Crippen LogP contribution is 2.21. The summed E-state index contributed by atoms with van der Waals surface area (Å²) in [5.74, 6) is -0.457. The molecule has 0 atom stereocenters. The number of rotatable bonds is 4. The number of carbonyl (C=O) groups excluding carboxylic acids is 1. The summed E-state index contributed by atoms with van der Waals surface area (Å²) in [4.78, 5) is 12.0. The molecule has 0 radical (unpaired) electrons. The van der Waals surface area contributed by atoms with Crippen LogP contribution in [-0.2, 0) is 9.84 Å². The van der Waals surface area contributed by atoms with E-state index in [0.717, 1.165) is 6.26 Å². The fourth-order valence-corrected chi connectivity index (χ4v) is 2.61. The Hall–Kier alpha value is -1.89. The van der Waals surface area contributed by atoms with E-state index in [2.05, 4.69) is 10.5 Å². The number of halogens is 2. The fourth-order valence-electron chi connectivity index (χ4n) is 1.68. The number of benzene rings is 2. The molecule has 0 bridgehead atoms. The molecule has 0 aliphatic carbocycles. The minimum atomic E-state index is -3.29. The Labute approximate surface area is 143 Å². The number of carbonyl (C=O) groups is 1. The third-order valence-corrected chi connectivity index (χ3v) is 4.74. The van der Waals surface area contributed by atoms with Crippen molar-refractivity contribution in [3.63, 3.8) is 0 Å². The predicted octanol–water partition coefficient (Wildman–Crippen LogP) is 3.16. The van der Waals surface area contributed by atoms with Crippen LogP contribution in [0, 0.1) is 0 Å². The van der Waals surface area contributed by atoms with Gasteiger partial charge in [-0.1, -0.05) is 29.3 Å². The molecule has 0 aliphatic heterocycles. The van der Waals surface area contributed by atoms with Gasteiger partial charge in [0.2, 0.25) is 0 Å². The van der Waals surface area contributed by atoms with Gasteiger partial charge in [-0.3, -0.25) is 4.79 Å². The van der Waals surface area contributed by atoms with Gasteiger partial charge in [0.15, 0.2) is 9.84 Å². The van der Waals surface area contributed by atoms with E-state index in [0.29, 0.717) is 21.2 Å². The van der Waals surface area contributed by atoms with Crippen molar-refractivity contribution in [3.05, 3.63) is 63.6 Å². The van der Waals surface area contributed by atoms with Crippen LogP contribution in [0.2, 0.25) is 10.0 Å². The van der Waals surface area contributed by atoms with E-state index >= 15 is 0 Å². The van der Waals surface area contributed by atoms with Gasteiger partial charge in [0.25, 0.3) is 5.91 Å². The van der Waals surface area contributed by atoms with E-state index in [1.807, 2.05) is 0 Å². The molecule has 5 nitrogen and oxygen atoms in total. The molecule has 0 fully saturated rings. The lowest BCUT2D eigenvalue weighted by Crippen LogP contribution is -2.17. The van der Waals surface area contributed by atoms with Gasteiger partial charge >= 0.3 is 0 Å². The molecule has 0 spiro atoms. The quantitative estimate of drug-likeness (QED) is 0.663. The summed E-state index contributed by atoms with van der Waals surface area (Å²) >= 11 is 11.7. The number of nitrogens with one attached hydrogen (secondary N) is 1. The van der Waals surface area contributed by atoms with Gasteiger partial charge in [0, 0.05) is 11.8 Å². The van der Waals surface area contributed by atoms with Gasteiger partial charge in [0.05, 0.1) is 21.2 Å². The van der Waals surface area contributed by atoms with Crippen LogP contribution in [0.4, 0.5) is 0 Å². The highest BCUT2D eigenvalue weighted by atomic mass is 35.5. The maximum atomic E-state index is 11.9. The van der Waals surface area contributed by atoms with Gasteiger partial charge in [-0.2, -0.15) is 5.10 Å². The van der Waals surface area contributed by atoms with Crippen molar-refractivity contribution in [2.45, 2.75) is 4.90 Å². The molecule has 0 unspecified atom stereocenters. The van der Waals surface area contributed by atoms with E-state index < -0.39 is 15.7 Å². The number of hydrogen-bond acceptors (Lipinski definition) is 4. The number of hydrazone groups is 1. The van der Waals surface area contributed by atoms with Crippen LogP contribution in [0.1, 0.15) is 15.9 Å². The molecule has 2 aromatic carbocycles. The Morgan fingerprint density at radius 1 is 1.09 bits per heavy atom. The summed E-state index contributed by atoms with van der Waals surface area (Å²) in [5, 5.41) is 4.63. The average molecular weight is 371 g/mol. The van der Waals surface area contributed by atoms with Crippen molar-refractivity contribution in [1.29, 1.82) is 0 Å². The van der Waals surface area contributed by atoms with Gasteiger partial charge in [-0.25, -0.2) is 13.8 Å². The maximum Gasteiger partial charge on any atom is 0.271 e. The summed E-state index contributed by atoms with van der Waals surface area (Å²) in [5.41, 5.74) is 3.31. The standard InChI is InChI=1S/C15H12Cl2N2O3S/c1-23(21,22)12-5-3-11(4-6-12)15(20)19-18-9-10-2-7-13(16)14(17)8-10/h2-9H,1H3,(H,19,20)/b18-9+. The summed E-state index contributed by atoms with van der Waals surface area (Å²) in [7, 11) is -3.29. The van der Waals surface area contributed by atoms with Crippen molar-refractivity contribution < 1.29 is 13.2 Å². The molecule has 0 heterocycles. The average Bonchev–Trinajstić information content (AvgIpc) is 2.50. The molecule has 0 aromatic heterocycles. The molecule has 1 amide bonds. The summed E-state index contributed by atoms with van der Waals surface area (Å²) in [6, 6.07) is 10.5. The van der Waals surface area contributed by atoms with Crippen LogP contribution in [-0.4, -0.2) is 26.8 Å². The Morgan fingerprint density at radius 2 is 1.74 bits per heavy atom. The number of hydrogen-bond donors (Lipinski definition) is 1. The van der Waals surface area contributed by atoms with Crippen LogP contribution in [0.5, 0.6) is 0 Å². The molecule has 120 valence electrons. The Balaban J connectivity index is 2.04. The van der Waals surface area contributed by atoms with Crippen molar-refractivity contribution in [2.75, 3.05) is 6.26 Å². The summed E-state index contributed by atoms with van der Waals surface area (Å²) < 4.78 is 22.7. The normalized spacial score (nSPS) is 11.6. The molecular formula is C15H12Cl2N2O3S. The van der Waals surface area contributed by atoms with Crippen LogP contribution < -0.4 is 5.43 Å². The van der Waals surface area contributed by atoms with Gasteiger partial charge < -0.3 is 0 Å². The first kappa shape index (κ1) is 17.5. The first-order valence-electron chi connectivity index (χ1n) is 6.36. The molecule has 1 N–H and O–H groups in total. The van der Waals surface area contributed by atoms with Crippen molar-refractivity contribution >= 4 is 45.2 Å². The lowest BCUT2D eigenvalue weighted by molar-refractivity contribution is 0.0955. The van der Waals surface area contributed by atoms with Crippen molar-refractivity contribution in [3.8, 4) is 0 Å². The van der Waals surface area contributed by atoms with E-state index in [9.17, 15) is 13.2 Å². The first-order valence-corrected chi connectivity index (χ1v) is 9.01. The third kappa shape index (κ3) is 4.79. The Morgan fingerprint density at radius 3 is 2.30 bits per heavy atom. The highest BCUT2D eigenvalue weighted by molar-refractivity contribution is 7.90. The number of nitrogens with zero attached hydrogens (tertiary/aromatic N) is 1. The van der Waals surface area contributed by atoms with Crippen molar-refractivity contribution in [1.82, 2.24) is 5.43 Å². The second-order valence-corrected chi connectivity index (χ2v) is 7.50. The van der Waals surface area contributed by atoms with Gasteiger partial charge in [-0.15, -0.1) is 0 Å². The third-order valence-electron chi connectivity index (χ3n) is 2.87. The van der Waals surface area contributed by atoms with Crippen LogP contribution >= 0.6 is 23.2 Å². The lowest BCUT2D eigenvalue weighted by Gasteiger charge is -2.02. The first-order chi connectivity index (χ1) is 10.8. The van der Waals surface area contributed by atoms with E-state index in [4.69, 9.17) is 23.2 Å².